The van der Waals surface area contributed by atoms with Gasteiger partial charge in [0.15, 0.2) is 11.5 Å². The van der Waals surface area contributed by atoms with Crippen molar-refractivity contribution in [3.63, 3.8) is 0 Å². The van der Waals surface area contributed by atoms with Crippen molar-refractivity contribution in [2.24, 2.45) is 17.8 Å². The maximum Gasteiger partial charge on any atom is 0.337 e. The summed E-state index contributed by atoms with van der Waals surface area (Å²) in [5.74, 6) is 0.873. The summed E-state index contributed by atoms with van der Waals surface area (Å²) in [6.45, 7) is 4.72. The van der Waals surface area contributed by atoms with Gasteiger partial charge in [-0.15, -0.1) is 0 Å². The van der Waals surface area contributed by atoms with Crippen LogP contribution in [0.3, 0.4) is 0 Å². The standard InChI is InChI=1S/C27H27N5O3/c1-13-7-18(14(2)29-20-6-4-3-5-17(20)27(34)35)23-21(8-13)30-22(11-28)26(31-23)32-12-16-9-15-10-19(16)24(32)25(15)33/h3-8,14-16,19,24-25,29,33H,9-10,12H2,1-2H3,(H,34,35)/t14-,15?,16?,19?,24?,25?/m1/s1. The summed E-state index contributed by atoms with van der Waals surface area (Å²) in [7, 11) is 0. The Bertz CT molecular complexity index is 1400. The molecule has 5 unspecified atom stereocenters. The molecule has 0 spiro atoms. The third-order valence-corrected chi connectivity index (χ3v) is 8.15. The summed E-state index contributed by atoms with van der Waals surface area (Å²) in [6, 6.07) is 12.7. The minimum atomic E-state index is -0.993. The van der Waals surface area contributed by atoms with Crippen molar-refractivity contribution < 1.29 is 15.0 Å². The number of aromatic carboxylic acids is 1. The largest absolute Gasteiger partial charge is 0.478 e. The average Bonchev–Trinajstić information content (AvgIpc) is 3.46. The Hall–Kier alpha value is -3.70. The number of hydrogen-bond donors (Lipinski definition) is 3. The van der Waals surface area contributed by atoms with Crippen LogP contribution in [0.1, 0.15) is 53.0 Å². The van der Waals surface area contributed by atoms with Crippen molar-refractivity contribution in [1.82, 2.24) is 9.97 Å². The number of aryl methyl sites for hydroxylation is 1. The molecule has 2 saturated carbocycles. The third kappa shape index (κ3) is 3.34. The number of anilines is 2. The number of fused-ring (bicyclic) bond motifs is 2. The maximum atomic E-state index is 11.7. The highest BCUT2D eigenvalue weighted by Gasteiger charge is 2.59. The van der Waals surface area contributed by atoms with Gasteiger partial charge < -0.3 is 20.4 Å². The van der Waals surface area contributed by atoms with Crippen LogP contribution in [0.4, 0.5) is 11.5 Å². The maximum absolute atomic E-state index is 11.7. The van der Waals surface area contributed by atoms with E-state index in [-0.39, 0.29) is 23.3 Å². The van der Waals surface area contributed by atoms with Crippen LogP contribution in [-0.4, -0.2) is 44.8 Å². The first-order valence-electron chi connectivity index (χ1n) is 12.1. The Balaban J connectivity index is 1.44. The number of aliphatic hydroxyl groups excluding tert-OH is 1. The van der Waals surface area contributed by atoms with Gasteiger partial charge in [-0.1, -0.05) is 18.2 Å². The predicted molar refractivity (Wildman–Crippen MR) is 131 cm³/mol. The fraction of sp³-hybridized carbons (Fsp3) is 0.407. The summed E-state index contributed by atoms with van der Waals surface area (Å²) < 4.78 is 0. The highest BCUT2D eigenvalue weighted by molar-refractivity contribution is 5.94. The molecule has 3 fully saturated rings. The molecule has 1 saturated heterocycles. The van der Waals surface area contributed by atoms with Crippen molar-refractivity contribution in [2.75, 3.05) is 16.8 Å². The van der Waals surface area contributed by atoms with Gasteiger partial charge in [0, 0.05) is 17.8 Å². The molecular formula is C27H27N5O3. The summed E-state index contributed by atoms with van der Waals surface area (Å²) in [6.07, 6.45) is 1.69. The number of aliphatic hydroxyl groups is 1. The van der Waals surface area contributed by atoms with E-state index >= 15 is 0 Å². The molecule has 35 heavy (non-hydrogen) atoms. The van der Waals surface area contributed by atoms with Gasteiger partial charge in [0.25, 0.3) is 0 Å². The normalized spacial score (nSPS) is 27.3. The number of para-hydroxylation sites is 1. The number of rotatable bonds is 5. The second-order valence-electron chi connectivity index (χ2n) is 10.2. The van der Waals surface area contributed by atoms with Crippen LogP contribution in [0.2, 0.25) is 0 Å². The molecule has 6 atom stereocenters. The van der Waals surface area contributed by atoms with Gasteiger partial charge >= 0.3 is 5.97 Å². The van der Waals surface area contributed by atoms with Gasteiger partial charge in [-0.05, 0) is 68.2 Å². The fourth-order valence-electron chi connectivity index (χ4n) is 6.69. The van der Waals surface area contributed by atoms with Crippen molar-refractivity contribution in [1.29, 1.82) is 5.26 Å². The smallest absolute Gasteiger partial charge is 0.337 e. The molecule has 3 aromatic rings. The number of nitriles is 1. The minimum absolute atomic E-state index is 0.00973. The van der Waals surface area contributed by atoms with E-state index in [2.05, 4.69) is 16.3 Å². The van der Waals surface area contributed by atoms with Gasteiger partial charge in [0.05, 0.1) is 34.8 Å². The highest BCUT2D eigenvalue weighted by atomic mass is 16.4. The molecule has 1 aliphatic heterocycles. The lowest BCUT2D eigenvalue weighted by Crippen LogP contribution is -2.41. The Kier molecular flexibility index (Phi) is 4.94. The second kappa shape index (κ2) is 7.92. The molecular weight excluding hydrogens is 442 g/mol. The van der Waals surface area contributed by atoms with Crippen molar-refractivity contribution in [3.8, 4) is 6.07 Å². The van der Waals surface area contributed by atoms with Gasteiger partial charge in [0.2, 0.25) is 0 Å². The molecule has 2 aromatic carbocycles. The Morgan fingerprint density at radius 3 is 2.77 bits per heavy atom. The first-order chi connectivity index (χ1) is 16.9. The van der Waals surface area contributed by atoms with E-state index in [9.17, 15) is 20.3 Å². The van der Waals surface area contributed by atoms with Gasteiger partial charge in [-0.25, -0.2) is 14.8 Å². The molecule has 2 heterocycles. The Morgan fingerprint density at radius 2 is 2.03 bits per heavy atom. The lowest BCUT2D eigenvalue weighted by Gasteiger charge is -2.30. The number of benzene rings is 2. The lowest BCUT2D eigenvalue weighted by atomic mass is 9.88. The monoisotopic (exact) mass is 469 g/mol. The first kappa shape index (κ1) is 21.8. The Labute approximate surface area is 203 Å². The van der Waals surface area contributed by atoms with Crippen LogP contribution in [-0.2, 0) is 0 Å². The topological polar surface area (TPSA) is 122 Å². The average molecular weight is 470 g/mol. The van der Waals surface area contributed by atoms with Crippen LogP contribution in [0.5, 0.6) is 0 Å². The van der Waals surface area contributed by atoms with Crippen LogP contribution in [0.25, 0.3) is 11.0 Å². The third-order valence-electron chi connectivity index (χ3n) is 8.15. The van der Waals surface area contributed by atoms with E-state index < -0.39 is 12.1 Å². The summed E-state index contributed by atoms with van der Waals surface area (Å²) >= 11 is 0. The molecule has 2 aliphatic carbocycles. The molecule has 6 rings (SSSR count). The number of hydrogen-bond acceptors (Lipinski definition) is 7. The highest BCUT2D eigenvalue weighted by Crippen LogP contribution is 2.55. The molecule has 178 valence electrons. The zero-order valence-electron chi connectivity index (χ0n) is 19.6. The van der Waals surface area contributed by atoms with E-state index in [0.717, 1.165) is 30.5 Å². The Morgan fingerprint density at radius 1 is 1.23 bits per heavy atom. The molecule has 2 bridgehead atoms. The molecule has 0 amide bonds. The van der Waals surface area contributed by atoms with Crippen molar-refractivity contribution in [3.05, 3.63) is 58.8 Å². The van der Waals surface area contributed by atoms with E-state index in [0.29, 0.717) is 40.3 Å². The van der Waals surface area contributed by atoms with Crippen LogP contribution >= 0.6 is 0 Å². The number of aromatic nitrogens is 2. The SMILES string of the molecule is Cc1cc([C@@H](C)Nc2ccccc2C(=O)O)c2nc(N3CC4CC5CC4C3C5O)c(C#N)nc2c1. The quantitative estimate of drug-likeness (QED) is 0.514. The van der Waals surface area contributed by atoms with Crippen LogP contribution in [0, 0.1) is 36.0 Å². The molecule has 3 N–H and O–H groups in total. The zero-order chi connectivity index (χ0) is 24.4. The van der Waals surface area contributed by atoms with Crippen molar-refractivity contribution >= 4 is 28.5 Å². The molecule has 3 aliphatic rings. The first-order valence-corrected chi connectivity index (χ1v) is 12.1. The van der Waals surface area contributed by atoms with E-state index in [1.54, 1.807) is 24.3 Å². The molecule has 1 aromatic heterocycles. The van der Waals surface area contributed by atoms with Crippen LogP contribution in [0.15, 0.2) is 36.4 Å². The number of carboxylic acid groups (broad SMARTS) is 1. The lowest BCUT2D eigenvalue weighted by molar-refractivity contribution is 0.0698. The summed E-state index contributed by atoms with van der Waals surface area (Å²) in [5.41, 5.74) is 4.18. The second-order valence-corrected chi connectivity index (χ2v) is 10.2. The van der Waals surface area contributed by atoms with Gasteiger partial charge in [-0.3, -0.25) is 0 Å². The van der Waals surface area contributed by atoms with E-state index in [1.807, 2.05) is 26.0 Å². The van der Waals surface area contributed by atoms with Gasteiger partial charge in [-0.2, -0.15) is 5.26 Å². The number of nitrogens with one attached hydrogen (secondary N) is 1. The summed E-state index contributed by atoms with van der Waals surface area (Å²) in [4.78, 5) is 23.5. The number of nitrogens with zero attached hydrogens (tertiary/aromatic N) is 4. The fourth-order valence-corrected chi connectivity index (χ4v) is 6.69. The van der Waals surface area contributed by atoms with Gasteiger partial charge in [0.1, 0.15) is 6.07 Å². The number of carbonyl (C=O) groups is 1. The van der Waals surface area contributed by atoms with E-state index in [1.165, 1.54) is 0 Å². The molecule has 8 heteroatoms. The van der Waals surface area contributed by atoms with E-state index in [4.69, 9.17) is 9.97 Å². The predicted octanol–water partition coefficient (Wildman–Crippen LogP) is 3.89. The summed E-state index contributed by atoms with van der Waals surface area (Å²) in [5, 5.41) is 33.8. The van der Waals surface area contributed by atoms with Crippen LogP contribution < -0.4 is 10.2 Å². The number of carboxylic acids is 1. The zero-order valence-corrected chi connectivity index (χ0v) is 19.6. The molecule has 0 radical (unpaired) electrons. The minimum Gasteiger partial charge on any atom is -0.478 e. The molecule has 8 nitrogen and oxygen atoms in total. The van der Waals surface area contributed by atoms with Crippen molar-refractivity contribution in [2.45, 2.75) is 44.9 Å².